The number of fused-ring (bicyclic) bond motifs is 1. The summed E-state index contributed by atoms with van der Waals surface area (Å²) < 4.78 is 1.80. The highest BCUT2D eigenvalue weighted by molar-refractivity contribution is 7.08. The van der Waals surface area contributed by atoms with Crippen LogP contribution in [0.2, 0.25) is 0 Å². The van der Waals surface area contributed by atoms with Crippen molar-refractivity contribution >= 4 is 28.5 Å². The highest BCUT2D eigenvalue weighted by Crippen LogP contribution is 2.26. The second-order valence-electron chi connectivity index (χ2n) is 7.18. The molecule has 5 rings (SSSR count). The minimum Gasteiger partial charge on any atom is -0.372 e. The number of nitrogens with zero attached hydrogens (tertiary/aromatic N) is 5. The molecule has 1 aliphatic heterocycles. The molecule has 0 spiro atoms. The van der Waals surface area contributed by atoms with Gasteiger partial charge in [-0.05, 0) is 61.0 Å². The molecule has 1 fully saturated rings. The molecule has 4 aromatic rings. The van der Waals surface area contributed by atoms with Crippen LogP contribution in [-0.2, 0) is 0 Å². The summed E-state index contributed by atoms with van der Waals surface area (Å²) in [5.41, 5.74) is 4.35. The monoisotopic (exact) mass is 390 g/mol. The Labute approximate surface area is 167 Å². The van der Waals surface area contributed by atoms with Crippen molar-refractivity contribution in [2.45, 2.75) is 25.8 Å². The number of thiophene rings is 1. The molecule has 6 nitrogen and oxygen atoms in total. The first-order valence-electron chi connectivity index (χ1n) is 9.64. The molecular weight excluding hydrogens is 368 g/mol. The standard InChI is InChI=1S/C21H22N6S/c1-15(16-5-4-6-18(13-16)26-10-2-3-11-26)22-19-7-8-20-23-24-21(27(20)25-19)17-9-12-28-14-17/h4-9,12-15H,2-3,10-11H2,1H3,(H,22,25). The van der Waals surface area contributed by atoms with Gasteiger partial charge in [-0.15, -0.1) is 15.3 Å². The Morgan fingerprint density at radius 1 is 1.07 bits per heavy atom. The summed E-state index contributed by atoms with van der Waals surface area (Å²) in [4.78, 5) is 2.46. The van der Waals surface area contributed by atoms with Gasteiger partial charge in [0.1, 0.15) is 5.82 Å². The molecule has 1 aliphatic rings. The maximum atomic E-state index is 4.73. The van der Waals surface area contributed by atoms with E-state index < -0.39 is 0 Å². The molecule has 7 heteroatoms. The van der Waals surface area contributed by atoms with E-state index in [9.17, 15) is 0 Å². The van der Waals surface area contributed by atoms with Crippen LogP contribution in [0, 0.1) is 0 Å². The Bertz CT molecular complexity index is 1080. The average molecular weight is 391 g/mol. The molecule has 1 N–H and O–H groups in total. The van der Waals surface area contributed by atoms with E-state index in [2.05, 4.69) is 57.0 Å². The summed E-state index contributed by atoms with van der Waals surface area (Å²) in [6.07, 6.45) is 2.57. The highest BCUT2D eigenvalue weighted by atomic mass is 32.1. The van der Waals surface area contributed by atoms with Gasteiger partial charge in [-0.3, -0.25) is 0 Å². The van der Waals surface area contributed by atoms with Gasteiger partial charge in [0.15, 0.2) is 11.5 Å². The van der Waals surface area contributed by atoms with Crippen LogP contribution in [0.4, 0.5) is 11.5 Å². The molecule has 28 heavy (non-hydrogen) atoms. The Kier molecular flexibility index (Phi) is 4.44. The lowest BCUT2D eigenvalue weighted by molar-refractivity contribution is 0.844. The topological polar surface area (TPSA) is 58.4 Å². The summed E-state index contributed by atoms with van der Waals surface area (Å²) in [5.74, 6) is 1.58. The Morgan fingerprint density at radius 2 is 1.96 bits per heavy atom. The maximum absolute atomic E-state index is 4.73. The number of benzene rings is 1. The van der Waals surface area contributed by atoms with E-state index in [1.54, 1.807) is 15.9 Å². The number of nitrogens with one attached hydrogen (secondary N) is 1. The third-order valence-corrected chi connectivity index (χ3v) is 5.93. The van der Waals surface area contributed by atoms with Crippen LogP contribution >= 0.6 is 11.3 Å². The van der Waals surface area contributed by atoms with E-state index in [1.165, 1.54) is 24.1 Å². The van der Waals surface area contributed by atoms with Crippen LogP contribution < -0.4 is 10.2 Å². The van der Waals surface area contributed by atoms with Crippen molar-refractivity contribution < 1.29 is 0 Å². The number of anilines is 2. The van der Waals surface area contributed by atoms with E-state index in [1.807, 2.05) is 23.6 Å². The number of rotatable bonds is 5. The Morgan fingerprint density at radius 3 is 2.79 bits per heavy atom. The van der Waals surface area contributed by atoms with Crippen LogP contribution in [0.25, 0.3) is 17.0 Å². The van der Waals surface area contributed by atoms with Gasteiger partial charge < -0.3 is 10.2 Å². The first kappa shape index (κ1) is 17.2. The highest BCUT2D eigenvalue weighted by Gasteiger charge is 2.15. The van der Waals surface area contributed by atoms with Crippen molar-refractivity contribution in [2.75, 3.05) is 23.3 Å². The van der Waals surface area contributed by atoms with Gasteiger partial charge in [-0.25, -0.2) is 0 Å². The van der Waals surface area contributed by atoms with Gasteiger partial charge in [-0.2, -0.15) is 15.9 Å². The smallest absolute Gasteiger partial charge is 0.186 e. The van der Waals surface area contributed by atoms with Crippen molar-refractivity contribution in [2.24, 2.45) is 0 Å². The summed E-state index contributed by atoms with van der Waals surface area (Å²) in [6, 6.07) is 14.9. The predicted molar refractivity (Wildman–Crippen MR) is 114 cm³/mol. The van der Waals surface area contributed by atoms with E-state index in [-0.39, 0.29) is 6.04 Å². The molecule has 1 aromatic carbocycles. The summed E-state index contributed by atoms with van der Waals surface area (Å²) >= 11 is 1.64. The summed E-state index contributed by atoms with van der Waals surface area (Å²) in [6.45, 7) is 4.48. The molecule has 142 valence electrons. The zero-order valence-corrected chi connectivity index (χ0v) is 16.6. The van der Waals surface area contributed by atoms with E-state index >= 15 is 0 Å². The van der Waals surface area contributed by atoms with Crippen molar-refractivity contribution in [1.82, 2.24) is 19.8 Å². The van der Waals surface area contributed by atoms with Crippen LogP contribution in [-0.4, -0.2) is 32.9 Å². The summed E-state index contributed by atoms with van der Waals surface area (Å²) in [5, 5.41) is 20.9. The molecule has 1 saturated heterocycles. The molecular formula is C21H22N6S. The average Bonchev–Trinajstić information content (AvgIpc) is 3.48. The van der Waals surface area contributed by atoms with Crippen molar-refractivity contribution in [3.8, 4) is 11.4 Å². The van der Waals surface area contributed by atoms with Crippen LogP contribution in [0.5, 0.6) is 0 Å². The van der Waals surface area contributed by atoms with Crippen LogP contribution in [0.15, 0.2) is 53.2 Å². The van der Waals surface area contributed by atoms with Crippen molar-refractivity contribution in [1.29, 1.82) is 0 Å². The van der Waals surface area contributed by atoms with E-state index in [0.717, 1.165) is 35.9 Å². The number of hydrogen-bond donors (Lipinski definition) is 1. The number of aromatic nitrogens is 4. The molecule has 0 bridgehead atoms. The SMILES string of the molecule is CC(Nc1ccc2nnc(-c3ccsc3)n2n1)c1cccc(N2CCCC2)c1. The third kappa shape index (κ3) is 3.22. The van der Waals surface area contributed by atoms with E-state index in [0.29, 0.717) is 0 Å². The molecule has 0 saturated carbocycles. The van der Waals surface area contributed by atoms with Gasteiger partial charge in [-0.1, -0.05) is 12.1 Å². The summed E-state index contributed by atoms with van der Waals surface area (Å²) in [7, 11) is 0. The molecule has 0 radical (unpaired) electrons. The minimum absolute atomic E-state index is 0.147. The van der Waals surface area contributed by atoms with Crippen LogP contribution in [0.1, 0.15) is 31.4 Å². The third-order valence-electron chi connectivity index (χ3n) is 5.25. The first-order chi connectivity index (χ1) is 13.8. The fourth-order valence-corrected chi connectivity index (χ4v) is 4.34. The fourth-order valence-electron chi connectivity index (χ4n) is 3.71. The van der Waals surface area contributed by atoms with Crippen molar-refractivity contribution in [3.05, 3.63) is 58.8 Å². The lowest BCUT2D eigenvalue weighted by Crippen LogP contribution is -2.18. The second kappa shape index (κ2) is 7.24. The molecule has 1 atom stereocenters. The maximum Gasteiger partial charge on any atom is 0.186 e. The molecule has 0 amide bonds. The zero-order valence-electron chi connectivity index (χ0n) is 15.7. The quantitative estimate of drug-likeness (QED) is 0.539. The van der Waals surface area contributed by atoms with E-state index in [4.69, 9.17) is 5.10 Å². The molecule has 4 heterocycles. The van der Waals surface area contributed by atoms with Crippen molar-refractivity contribution in [3.63, 3.8) is 0 Å². The van der Waals surface area contributed by atoms with Gasteiger partial charge in [0.25, 0.3) is 0 Å². The second-order valence-corrected chi connectivity index (χ2v) is 7.96. The number of hydrogen-bond acceptors (Lipinski definition) is 6. The van der Waals surface area contributed by atoms with Crippen LogP contribution in [0.3, 0.4) is 0 Å². The minimum atomic E-state index is 0.147. The van der Waals surface area contributed by atoms with Gasteiger partial charge in [0.05, 0.1) is 6.04 Å². The first-order valence-corrected chi connectivity index (χ1v) is 10.6. The zero-order chi connectivity index (χ0) is 18.9. The Balaban J connectivity index is 1.40. The Hall–Kier alpha value is -2.93. The van der Waals surface area contributed by atoms with Gasteiger partial charge in [0, 0.05) is 29.7 Å². The predicted octanol–water partition coefficient (Wildman–Crippen LogP) is 4.63. The normalized spacial score (nSPS) is 15.2. The lowest BCUT2D eigenvalue weighted by Gasteiger charge is -2.21. The van der Waals surface area contributed by atoms with Gasteiger partial charge in [0.2, 0.25) is 0 Å². The molecule has 3 aromatic heterocycles. The fraction of sp³-hybridized carbons (Fsp3) is 0.286. The van der Waals surface area contributed by atoms with Gasteiger partial charge >= 0.3 is 0 Å². The largest absolute Gasteiger partial charge is 0.372 e. The molecule has 0 aliphatic carbocycles. The lowest BCUT2D eigenvalue weighted by atomic mass is 10.1. The molecule has 1 unspecified atom stereocenters.